The molecule has 0 saturated carbocycles. The predicted octanol–water partition coefficient (Wildman–Crippen LogP) is 3.05. The van der Waals surface area contributed by atoms with Gasteiger partial charge < -0.3 is 5.73 Å². The van der Waals surface area contributed by atoms with E-state index in [2.05, 4.69) is 11.8 Å². The number of nitrogens with two attached hydrogens (primary N) is 1. The van der Waals surface area contributed by atoms with Gasteiger partial charge in [-0.1, -0.05) is 30.4 Å². The minimum absolute atomic E-state index is 0.0413. The third-order valence-corrected chi connectivity index (χ3v) is 2.74. The summed E-state index contributed by atoms with van der Waals surface area (Å²) in [7, 11) is 0. The van der Waals surface area contributed by atoms with E-state index in [1.165, 1.54) is 0 Å². The van der Waals surface area contributed by atoms with Gasteiger partial charge in [0.2, 0.25) is 0 Å². The van der Waals surface area contributed by atoms with Gasteiger partial charge in [-0.15, -0.1) is 0 Å². The zero-order chi connectivity index (χ0) is 11.4. The van der Waals surface area contributed by atoms with E-state index in [1.807, 2.05) is 32.9 Å². The monoisotopic (exact) mass is 221 g/mol. The zero-order valence-corrected chi connectivity index (χ0v) is 10.2. The van der Waals surface area contributed by atoms with Gasteiger partial charge in [-0.3, -0.25) is 0 Å². The lowest BCUT2D eigenvalue weighted by molar-refractivity contribution is 0.806. The minimum atomic E-state index is -0.0413. The van der Waals surface area contributed by atoms with Gasteiger partial charge in [0.15, 0.2) is 0 Å². The molecule has 0 aromatic heterocycles. The second-order valence-corrected chi connectivity index (χ2v) is 4.11. The Morgan fingerprint density at radius 2 is 2.00 bits per heavy atom. The van der Waals surface area contributed by atoms with Crippen LogP contribution in [0.3, 0.4) is 0 Å². The molecule has 80 valence electrons. The first-order valence-corrected chi connectivity index (χ1v) is 5.46. The Kier molecular flexibility index (Phi) is 4.20. The van der Waals surface area contributed by atoms with Crippen LogP contribution in [0, 0.1) is 25.7 Å². The molecule has 0 aliphatic rings. The average Bonchev–Trinajstić information content (AvgIpc) is 2.21. The molecule has 1 unspecified atom stereocenters. The van der Waals surface area contributed by atoms with Crippen LogP contribution < -0.4 is 5.73 Å². The molecular formula is C13H16ClN. The normalized spacial score (nSPS) is 11.8. The van der Waals surface area contributed by atoms with Crippen molar-refractivity contribution in [3.05, 3.63) is 33.8 Å². The van der Waals surface area contributed by atoms with E-state index < -0.39 is 0 Å². The maximum absolute atomic E-state index is 6.00. The molecule has 1 aromatic carbocycles. The van der Waals surface area contributed by atoms with Gasteiger partial charge in [-0.25, -0.2) is 0 Å². The van der Waals surface area contributed by atoms with E-state index in [0.717, 1.165) is 28.1 Å². The highest BCUT2D eigenvalue weighted by atomic mass is 35.5. The fraction of sp³-hybridized carbons (Fsp3) is 0.385. The standard InChI is InChI=1S/C13H16ClN/c1-4-12(15)6-5-11-7-10(3)13(14)8-9(11)2/h7-8,12H,4,15H2,1-3H3. The molecule has 1 atom stereocenters. The number of hydrogen-bond donors (Lipinski definition) is 1. The van der Waals surface area contributed by atoms with Crippen molar-refractivity contribution in [3.63, 3.8) is 0 Å². The third-order valence-electron chi connectivity index (χ3n) is 2.34. The quantitative estimate of drug-likeness (QED) is 0.725. The van der Waals surface area contributed by atoms with Crippen LogP contribution in [-0.4, -0.2) is 6.04 Å². The topological polar surface area (TPSA) is 26.0 Å². The van der Waals surface area contributed by atoms with Crippen LogP contribution in [0.4, 0.5) is 0 Å². The van der Waals surface area contributed by atoms with E-state index in [9.17, 15) is 0 Å². The first kappa shape index (κ1) is 12.1. The summed E-state index contributed by atoms with van der Waals surface area (Å²) in [5.74, 6) is 6.12. The third kappa shape index (κ3) is 3.27. The van der Waals surface area contributed by atoms with E-state index in [1.54, 1.807) is 0 Å². The number of benzene rings is 1. The van der Waals surface area contributed by atoms with Crippen LogP contribution in [0.5, 0.6) is 0 Å². The molecule has 0 amide bonds. The molecular weight excluding hydrogens is 206 g/mol. The molecule has 0 aliphatic carbocycles. The molecule has 0 spiro atoms. The van der Waals surface area contributed by atoms with Crippen molar-refractivity contribution in [2.24, 2.45) is 5.73 Å². The van der Waals surface area contributed by atoms with Gasteiger partial charge in [-0.05, 0) is 43.5 Å². The van der Waals surface area contributed by atoms with Crippen LogP contribution in [-0.2, 0) is 0 Å². The lowest BCUT2D eigenvalue weighted by atomic mass is 10.1. The van der Waals surface area contributed by atoms with E-state index in [-0.39, 0.29) is 6.04 Å². The second kappa shape index (κ2) is 5.21. The van der Waals surface area contributed by atoms with E-state index in [4.69, 9.17) is 17.3 Å². The lowest BCUT2D eigenvalue weighted by Gasteiger charge is -2.03. The first-order valence-electron chi connectivity index (χ1n) is 5.08. The van der Waals surface area contributed by atoms with E-state index >= 15 is 0 Å². The van der Waals surface area contributed by atoms with Gasteiger partial charge in [-0.2, -0.15) is 0 Å². The molecule has 0 radical (unpaired) electrons. The highest BCUT2D eigenvalue weighted by molar-refractivity contribution is 6.31. The maximum atomic E-state index is 6.00. The summed E-state index contributed by atoms with van der Waals surface area (Å²) in [6.07, 6.45) is 0.874. The van der Waals surface area contributed by atoms with Gasteiger partial charge >= 0.3 is 0 Å². The van der Waals surface area contributed by atoms with Crippen molar-refractivity contribution in [1.29, 1.82) is 0 Å². The smallest absolute Gasteiger partial charge is 0.0665 e. The minimum Gasteiger partial charge on any atom is -0.318 e. The second-order valence-electron chi connectivity index (χ2n) is 3.70. The maximum Gasteiger partial charge on any atom is 0.0665 e. The SMILES string of the molecule is CCC(N)C#Cc1cc(C)c(Cl)cc1C. The van der Waals surface area contributed by atoms with E-state index in [0.29, 0.717) is 0 Å². The summed E-state index contributed by atoms with van der Waals surface area (Å²) in [5.41, 5.74) is 8.90. The molecule has 0 heterocycles. The Morgan fingerprint density at radius 3 is 2.60 bits per heavy atom. The molecule has 0 aliphatic heterocycles. The molecule has 15 heavy (non-hydrogen) atoms. The number of halogens is 1. The Morgan fingerprint density at radius 1 is 1.33 bits per heavy atom. The van der Waals surface area contributed by atoms with Gasteiger partial charge in [0, 0.05) is 10.6 Å². The van der Waals surface area contributed by atoms with Gasteiger partial charge in [0.1, 0.15) is 0 Å². The van der Waals surface area contributed by atoms with Crippen molar-refractivity contribution in [2.75, 3.05) is 0 Å². The number of rotatable bonds is 1. The molecule has 0 saturated heterocycles. The molecule has 2 heteroatoms. The van der Waals surface area contributed by atoms with Crippen LogP contribution in [0.2, 0.25) is 5.02 Å². The van der Waals surface area contributed by atoms with Gasteiger partial charge in [0.25, 0.3) is 0 Å². The molecule has 0 bridgehead atoms. The predicted molar refractivity (Wildman–Crippen MR) is 66.1 cm³/mol. The molecule has 2 N–H and O–H groups in total. The van der Waals surface area contributed by atoms with Crippen LogP contribution in [0.1, 0.15) is 30.0 Å². The van der Waals surface area contributed by atoms with Crippen molar-refractivity contribution < 1.29 is 0 Å². The zero-order valence-electron chi connectivity index (χ0n) is 9.39. The fourth-order valence-corrected chi connectivity index (χ4v) is 1.41. The molecule has 1 aromatic rings. The largest absolute Gasteiger partial charge is 0.318 e. The highest BCUT2D eigenvalue weighted by Crippen LogP contribution is 2.19. The van der Waals surface area contributed by atoms with Crippen molar-refractivity contribution in [3.8, 4) is 11.8 Å². The van der Waals surface area contributed by atoms with Crippen LogP contribution in [0.15, 0.2) is 12.1 Å². The Balaban J connectivity index is 3.04. The summed E-state index contributed by atoms with van der Waals surface area (Å²) in [6.45, 7) is 6.01. The summed E-state index contributed by atoms with van der Waals surface area (Å²) in [5, 5.41) is 0.790. The highest BCUT2D eigenvalue weighted by Gasteiger charge is 2.00. The Bertz CT molecular complexity index is 413. The molecule has 1 nitrogen and oxygen atoms in total. The number of aryl methyl sites for hydroxylation is 2. The Labute approximate surface area is 96.6 Å². The first-order chi connectivity index (χ1) is 7.04. The fourth-order valence-electron chi connectivity index (χ4n) is 1.19. The molecule has 1 rings (SSSR count). The summed E-state index contributed by atoms with van der Waals surface area (Å²) in [4.78, 5) is 0. The van der Waals surface area contributed by atoms with Crippen molar-refractivity contribution in [1.82, 2.24) is 0 Å². The summed E-state index contributed by atoms with van der Waals surface area (Å²) >= 11 is 6.00. The summed E-state index contributed by atoms with van der Waals surface area (Å²) in [6, 6.07) is 3.91. The number of hydrogen-bond acceptors (Lipinski definition) is 1. The average molecular weight is 222 g/mol. The lowest BCUT2D eigenvalue weighted by Crippen LogP contribution is -2.15. The Hall–Kier alpha value is -0.970. The van der Waals surface area contributed by atoms with Crippen LogP contribution >= 0.6 is 11.6 Å². The van der Waals surface area contributed by atoms with Gasteiger partial charge in [0.05, 0.1) is 6.04 Å². The van der Waals surface area contributed by atoms with Crippen molar-refractivity contribution >= 4 is 11.6 Å². The molecule has 0 fully saturated rings. The van der Waals surface area contributed by atoms with Crippen molar-refractivity contribution in [2.45, 2.75) is 33.2 Å². The summed E-state index contributed by atoms with van der Waals surface area (Å²) < 4.78 is 0. The van der Waals surface area contributed by atoms with Crippen LogP contribution in [0.25, 0.3) is 0 Å².